The maximum absolute atomic E-state index is 13.7. The van der Waals surface area contributed by atoms with E-state index in [2.05, 4.69) is 20.6 Å². The number of aliphatic carboxylic acids is 4. The summed E-state index contributed by atoms with van der Waals surface area (Å²) in [6.07, 6.45) is -10.0. The van der Waals surface area contributed by atoms with Crippen LogP contribution < -0.4 is 33.0 Å². The van der Waals surface area contributed by atoms with Crippen molar-refractivity contribution in [2.24, 2.45) is 0 Å². The molecule has 1 heterocycles. The summed E-state index contributed by atoms with van der Waals surface area (Å²) in [4.78, 5) is 101. The average molecular weight is 804 g/mol. The van der Waals surface area contributed by atoms with Crippen molar-refractivity contribution in [1.29, 1.82) is 0 Å². The van der Waals surface area contributed by atoms with Crippen molar-refractivity contribution in [3.63, 3.8) is 0 Å². The predicted octanol–water partition coefficient (Wildman–Crippen LogP) is -0.969. The van der Waals surface area contributed by atoms with Crippen molar-refractivity contribution >= 4 is 53.4 Å². The van der Waals surface area contributed by atoms with Gasteiger partial charge in [-0.25, -0.2) is 14.4 Å². The van der Waals surface area contributed by atoms with E-state index in [0.717, 1.165) is 24.3 Å². The number of benzene rings is 1. The van der Waals surface area contributed by atoms with Crippen molar-refractivity contribution in [1.82, 2.24) is 25.9 Å². The summed E-state index contributed by atoms with van der Waals surface area (Å²) in [6, 6.07) is -1.15. The van der Waals surface area contributed by atoms with E-state index in [-0.39, 0.29) is 41.3 Å². The molecule has 0 bridgehead atoms. The molecule has 308 valence electrons. The quantitative estimate of drug-likeness (QED) is 0.0637. The van der Waals surface area contributed by atoms with Crippen LogP contribution in [0.3, 0.4) is 0 Å². The van der Waals surface area contributed by atoms with Crippen molar-refractivity contribution in [3.8, 4) is 0 Å². The number of aliphatic hydroxyl groups is 2. The number of anilines is 2. The molecule has 0 radical (unpaired) electrons. The van der Waals surface area contributed by atoms with Crippen LogP contribution in [0.2, 0.25) is 0 Å². The number of nitrogens with zero attached hydrogens (tertiary/aromatic N) is 1. The Morgan fingerprint density at radius 2 is 1.20 bits per heavy atom. The van der Waals surface area contributed by atoms with Crippen LogP contribution >= 0.6 is 0 Å². The van der Waals surface area contributed by atoms with Gasteiger partial charge in [-0.05, 0) is 56.2 Å². The number of hydrogen-bond donors (Lipinski definition) is 12. The van der Waals surface area contributed by atoms with Crippen LogP contribution in [0.25, 0.3) is 0 Å². The Hall–Kier alpha value is -6.30. The molecule has 1 aromatic carbocycles. The number of alkyl halides is 3. The Morgan fingerprint density at radius 1 is 0.732 bits per heavy atom. The number of nitrogens with one attached hydrogen (secondary N) is 4. The summed E-state index contributed by atoms with van der Waals surface area (Å²) in [5.74, 6) is -16.0. The number of aromatic amines is 1. The zero-order valence-corrected chi connectivity index (χ0v) is 29.2. The van der Waals surface area contributed by atoms with Crippen molar-refractivity contribution < 1.29 is 77.4 Å². The van der Waals surface area contributed by atoms with E-state index in [9.17, 15) is 72.0 Å². The Labute approximate surface area is 313 Å². The molecule has 3 amide bonds. The van der Waals surface area contributed by atoms with E-state index in [4.69, 9.17) is 21.7 Å². The number of hydrogen-bond acceptors (Lipinski definition) is 13. The van der Waals surface area contributed by atoms with E-state index >= 15 is 0 Å². The fourth-order valence-corrected chi connectivity index (χ4v) is 5.29. The topological polar surface area (TPSA) is 375 Å². The largest absolute Gasteiger partial charge is 0.481 e. The van der Waals surface area contributed by atoms with Crippen molar-refractivity contribution in [2.75, 3.05) is 11.5 Å². The third-order valence-electron chi connectivity index (χ3n) is 8.30. The van der Waals surface area contributed by atoms with Gasteiger partial charge in [0, 0.05) is 30.7 Å². The molecule has 0 saturated heterocycles. The van der Waals surface area contributed by atoms with E-state index in [0.29, 0.717) is 0 Å². The molecule has 56 heavy (non-hydrogen) atoms. The van der Waals surface area contributed by atoms with E-state index in [1.807, 2.05) is 5.32 Å². The van der Waals surface area contributed by atoms with Crippen LogP contribution in [0.1, 0.15) is 78.8 Å². The number of rotatable bonds is 22. The van der Waals surface area contributed by atoms with Gasteiger partial charge in [0.2, 0.25) is 17.8 Å². The van der Waals surface area contributed by atoms with E-state index < -0.39 is 128 Å². The first-order valence-electron chi connectivity index (χ1n) is 16.5. The SMILES string of the molecule is Nc1nc(N)c(CCC[C@@H](c2ccc(C(=O)N[C@@H](CCC(=O)N[C@H](CCC(=O)N[C@H](CCC(=O)O)C(=O)O)C(=O)O)C(=O)O)cc2)C(O)(O)C(F)(F)F)c(=O)[nH]1. The number of H-pyrrole nitrogens is 1. The second kappa shape index (κ2) is 19.9. The molecular formula is C32H40F3N7O14. The number of nitrogens with two attached hydrogens (primary N) is 2. The van der Waals surface area contributed by atoms with Gasteiger partial charge in [-0.2, -0.15) is 18.2 Å². The summed E-state index contributed by atoms with van der Waals surface area (Å²) in [5.41, 5.74) is 9.63. The summed E-state index contributed by atoms with van der Waals surface area (Å²) in [5, 5.41) is 63.4. The maximum atomic E-state index is 13.7. The molecular weight excluding hydrogens is 763 g/mol. The minimum Gasteiger partial charge on any atom is -0.481 e. The average Bonchev–Trinajstić information content (AvgIpc) is 3.08. The Bertz CT molecular complexity index is 1840. The smallest absolute Gasteiger partial charge is 0.443 e. The molecule has 21 nitrogen and oxygen atoms in total. The fraction of sp³-hybridized carbons (Fsp3) is 0.469. The van der Waals surface area contributed by atoms with Gasteiger partial charge in [-0.1, -0.05) is 12.1 Å². The number of aromatic nitrogens is 2. The zero-order valence-electron chi connectivity index (χ0n) is 29.2. The molecule has 2 aromatic rings. The molecule has 0 aliphatic heterocycles. The molecule has 14 N–H and O–H groups in total. The third kappa shape index (κ3) is 13.5. The maximum Gasteiger partial charge on any atom is 0.443 e. The summed E-state index contributed by atoms with van der Waals surface area (Å²) in [6.45, 7) is 0. The van der Waals surface area contributed by atoms with Crippen molar-refractivity contribution in [2.45, 2.75) is 93.8 Å². The summed E-state index contributed by atoms with van der Waals surface area (Å²) < 4.78 is 41.1. The number of carbonyl (C=O) groups is 7. The molecule has 2 rings (SSSR count). The highest BCUT2D eigenvalue weighted by Gasteiger charge is 2.58. The molecule has 24 heteroatoms. The fourth-order valence-electron chi connectivity index (χ4n) is 5.29. The lowest BCUT2D eigenvalue weighted by Gasteiger charge is -2.33. The van der Waals surface area contributed by atoms with Crippen LogP contribution in [-0.2, 0) is 35.2 Å². The molecule has 0 aliphatic rings. The minimum atomic E-state index is -5.55. The van der Waals surface area contributed by atoms with Gasteiger partial charge in [0.05, 0.1) is 5.56 Å². The van der Waals surface area contributed by atoms with Gasteiger partial charge in [0.1, 0.15) is 23.9 Å². The highest BCUT2D eigenvalue weighted by Crippen LogP contribution is 2.42. The molecule has 4 atom stereocenters. The molecule has 0 aliphatic carbocycles. The molecule has 0 saturated carbocycles. The zero-order chi connectivity index (χ0) is 42.5. The lowest BCUT2D eigenvalue weighted by Crippen LogP contribution is -2.50. The third-order valence-corrected chi connectivity index (χ3v) is 8.30. The normalized spacial score (nSPS) is 13.7. The second-order valence-electron chi connectivity index (χ2n) is 12.4. The van der Waals surface area contributed by atoms with Crippen LogP contribution in [0.4, 0.5) is 24.9 Å². The van der Waals surface area contributed by atoms with Gasteiger partial charge >= 0.3 is 30.1 Å². The Morgan fingerprint density at radius 3 is 1.62 bits per heavy atom. The van der Waals surface area contributed by atoms with Crippen molar-refractivity contribution in [3.05, 3.63) is 51.3 Å². The van der Waals surface area contributed by atoms with Gasteiger partial charge in [0.25, 0.3) is 17.3 Å². The van der Waals surface area contributed by atoms with Crippen LogP contribution in [0.15, 0.2) is 29.1 Å². The standard InChI is InChI=1S/C32H40F3N7O14/c33-32(34,35)31(55,56)17(3-1-2-16-24(36)41-30(37)42-26(16)48)14-4-6-15(7-5-14)25(47)40-20(29(53)54)9-12-22(44)38-18(27(49)50)8-11-21(43)39-19(28(51)52)10-13-23(45)46/h4-7,17-20,55-56H,1-3,8-13H2,(H,38,44)(H,39,43)(H,40,47)(H,45,46)(H,49,50)(H,51,52)(H,53,54)(H5,36,37,41,42,48)/t17-,18+,19+,20-/m0/s1. The highest BCUT2D eigenvalue weighted by atomic mass is 19.4. The number of nitrogen functional groups attached to an aromatic ring is 2. The lowest BCUT2D eigenvalue weighted by atomic mass is 9.84. The van der Waals surface area contributed by atoms with Crippen LogP contribution in [0.5, 0.6) is 0 Å². The number of carboxylic acid groups (broad SMARTS) is 4. The number of carboxylic acids is 4. The Balaban J connectivity index is 2.07. The lowest BCUT2D eigenvalue weighted by molar-refractivity contribution is -0.358. The van der Waals surface area contributed by atoms with Crippen LogP contribution in [0, 0.1) is 0 Å². The summed E-state index contributed by atoms with van der Waals surface area (Å²) >= 11 is 0. The number of halogens is 3. The van der Waals surface area contributed by atoms with Crippen LogP contribution in [-0.4, -0.2) is 112 Å². The van der Waals surface area contributed by atoms with Gasteiger partial charge in [0.15, 0.2) is 0 Å². The first-order chi connectivity index (χ1) is 25.9. The first-order valence-corrected chi connectivity index (χ1v) is 16.5. The van der Waals surface area contributed by atoms with Gasteiger partial charge in [-0.3, -0.25) is 29.0 Å². The molecule has 1 aromatic heterocycles. The second-order valence-corrected chi connectivity index (χ2v) is 12.4. The van der Waals surface area contributed by atoms with Gasteiger partial charge in [-0.15, -0.1) is 0 Å². The Kier molecular flexibility index (Phi) is 16.3. The highest BCUT2D eigenvalue weighted by molar-refractivity contribution is 5.96. The summed E-state index contributed by atoms with van der Waals surface area (Å²) in [7, 11) is 0. The first kappa shape index (κ1) is 45.9. The van der Waals surface area contributed by atoms with Gasteiger partial charge < -0.3 is 58.1 Å². The predicted molar refractivity (Wildman–Crippen MR) is 182 cm³/mol. The minimum absolute atomic E-state index is 0.102. The number of amides is 3. The monoisotopic (exact) mass is 803 g/mol. The number of carbonyl (C=O) groups excluding carboxylic acids is 3. The molecule has 0 fully saturated rings. The van der Waals surface area contributed by atoms with E-state index in [1.54, 1.807) is 0 Å². The molecule has 0 unspecified atom stereocenters. The molecule has 0 spiro atoms. The van der Waals surface area contributed by atoms with E-state index in [1.165, 1.54) is 0 Å².